The number of rotatable bonds is 6. The highest BCUT2D eigenvalue weighted by Crippen LogP contribution is 2.59. The van der Waals surface area contributed by atoms with Crippen LogP contribution in [0.3, 0.4) is 0 Å². The van der Waals surface area contributed by atoms with E-state index in [1.54, 1.807) is 13.8 Å². The smallest absolute Gasteiger partial charge is 0.307 e. The van der Waals surface area contributed by atoms with Gasteiger partial charge >= 0.3 is 5.97 Å². The summed E-state index contributed by atoms with van der Waals surface area (Å²) in [5, 5.41) is 9.09. The lowest BCUT2D eigenvalue weighted by molar-refractivity contribution is -0.142. The minimum atomic E-state index is -0.966. The number of nitrogens with zero attached hydrogens (tertiary/aromatic N) is 1. The Hall–Kier alpha value is -1.59. The molecule has 0 heterocycles. The Morgan fingerprint density at radius 1 is 1.26 bits per heavy atom. The Balaban J connectivity index is 2.83. The number of hydrogen-bond acceptors (Lipinski definition) is 3. The molecule has 0 bridgehead atoms. The molecule has 0 radical (unpaired) electrons. The summed E-state index contributed by atoms with van der Waals surface area (Å²) < 4.78 is 0. The number of carboxylic acids is 1. The van der Waals surface area contributed by atoms with E-state index in [4.69, 9.17) is 10.8 Å². The van der Waals surface area contributed by atoms with E-state index in [-0.39, 0.29) is 18.4 Å². The third-order valence-electron chi connectivity index (χ3n) is 3.60. The second kappa shape index (κ2) is 5.19. The van der Waals surface area contributed by atoms with Crippen LogP contribution in [0.5, 0.6) is 0 Å². The molecule has 0 aromatic carbocycles. The maximum Gasteiger partial charge on any atom is 0.307 e. The molecule has 3 N–H and O–H groups in total. The van der Waals surface area contributed by atoms with Gasteiger partial charge in [0.15, 0.2) is 0 Å². The first-order valence-electron chi connectivity index (χ1n) is 6.39. The van der Waals surface area contributed by atoms with Crippen LogP contribution in [0.25, 0.3) is 0 Å². The highest BCUT2D eigenvalue weighted by Gasteiger charge is 2.66. The van der Waals surface area contributed by atoms with Gasteiger partial charge in [0.2, 0.25) is 11.8 Å². The summed E-state index contributed by atoms with van der Waals surface area (Å²) in [6.07, 6.45) is 0. The first kappa shape index (κ1) is 15.5. The third-order valence-corrected chi connectivity index (χ3v) is 3.60. The number of carbonyl (C=O) groups is 3. The van der Waals surface area contributed by atoms with Crippen molar-refractivity contribution >= 4 is 17.8 Å². The molecule has 0 spiro atoms. The fourth-order valence-electron chi connectivity index (χ4n) is 2.62. The molecule has 6 heteroatoms. The molecule has 1 aliphatic rings. The number of primary amides is 1. The quantitative estimate of drug-likeness (QED) is 0.725. The topological polar surface area (TPSA) is 101 Å². The molecular formula is C13H22N2O4. The van der Waals surface area contributed by atoms with Crippen LogP contribution >= 0.6 is 0 Å². The number of aliphatic carboxylic acids is 1. The van der Waals surface area contributed by atoms with Crippen LogP contribution in [0.15, 0.2) is 0 Å². The maximum absolute atomic E-state index is 12.4. The van der Waals surface area contributed by atoms with Gasteiger partial charge in [-0.2, -0.15) is 0 Å². The zero-order valence-corrected chi connectivity index (χ0v) is 11.8. The van der Waals surface area contributed by atoms with E-state index >= 15 is 0 Å². The number of amides is 2. The van der Waals surface area contributed by atoms with E-state index in [0.29, 0.717) is 6.54 Å². The van der Waals surface area contributed by atoms with Crippen molar-refractivity contribution in [3.63, 3.8) is 0 Å². The molecule has 1 saturated carbocycles. The van der Waals surface area contributed by atoms with Gasteiger partial charge in [0, 0.05) is 6.54 Å². The molecule has 0 aromatic rings. The van der Waals surface area contributed by atoms with Crippen LogP contribution in [0.1, 0.15) is 27.7 Å². The Kier molecular flexibility index (Phi) is 4.22. The van der Waals surface area contributed by atoms with Crippen LogP contribution in [-0.4, -0.2) is 40.9 Å². The summed E-state index contributed by atoms with van der Waals surface area (Å²) in [5.74, 6) is -2.89. The van der Waals surface area contributed by atoms with Gasteiger partial charge in [-0.15, -0.1) is 0 Å². The molecule has 1 fully saturated rings. The standard InChI is InChI=1S/C13H22N2O4/c1-7(2)5-15(6-8(14)16)11(17)9-10(12(18)19)13(9,3)4/h7,9-10H,5-6H2,1-4H3,(H2,14,16)(H,18,19)/t9-,10+/m1/s1. The molecular weight excluding hydrogens is 248 g/mol. The van der Waals surface area contributed by atoms with Crippen molar-refractivity contribution in [3.05, 3.63) is 0 Å². The van der Waals surface area contributed by atoms with Crippen molar-refractivity contribution in [1.29, 1.82) is 0 Å². The fraction of sp³-hybridized carbons (Fsp3) is 0.769. The zero-order valence-electron chi connectivity index (χ0n) is 11.8. The number of carbonyl (C=O) groups excluding carboxylic acids is 2. The van der Waals surface area contributed by atoms with Crippen LogP contribution in [-0.2, 0) is 14.4 Å². The lowest BCUT2D eigenvalue weighted by Gasteiger charge is -2.23. The van der Waals surface area contributed by atoms with Crippen LogP contribution in [0.4, 0.5) is 0 Å². The predicted molar refractivity (Wildman–Crippen MR) is 69.0 cm³/mol. The highest BCUT2D eigenvalue weighted by molar-refractivity contribution is 5.93. The van der Waals surface area contributed by atoms with Crippen molar-refractivity contribution in [1.82, 2.24) is 4.90 Å². The van der Waals surface area contributed by atoms with Gasteiger partial charge in [0.05, 0.1) is 18.4 Å². The summed E-state index contributed by atoms with van der Waals surface area (Å²) in [4.78, 5) is 35.9. The van der Waals surface area contributed by atoms with Crippen LogP contribution in [0.2, 0.25) is 0 Å². The summed E-state index contributed by atoms with van der Waals surface area (Å²) >= 11 is 0. The summed E-state index contributed by atoms with van der Waals surface area (Å²) in [5.41, 5.74) is 4.58. The Morgan fingerprint density at radius 3 is 2.11 bits per heavy atom. The summed E-state index contributed by atoms with van der Waals surface area (Å²) in [7, 11) is 0. The number of hydrogen-bond donors (Lipinski definition) is 2. The van der Waals surface area contributed by atoms with Gasteiger partial charge in [-0.05, 0) is 11.3 Å². The Labute approximate surface area is 112 Å². The van der Waals surface area contributed by atoms with Crippen molar-refractivity contribution in [3.8, 4) is 0 Å². The lowest BCUT2D eigenvalue weighted by atomic mass is 10.1. The van der Waals surface area contributed by atoms with Gasteiger partial charge in [0.1, 0.15) is 0 Å². The van der Waals surface area contributed by atoms with Gasteiger partial charge in [-0.3, -0.25) is 14.4 Å². The maximum atomic E-state index is 12.4. The van der Waals surface area contributed by atoms with Crippen molar-refractivity contribution in [2.24, 2.45) is 28.9 Å². The van der Waals surface area contributed by atoms with Gasteiger partial charge in [-0.1, -0.05) is 27.7 Å². The minimum Gasteiger partial charge on any atom is -0.481 e. The number of nitrogens with two attached hydrogens (primary N) is 1. The summed E-state index contributed by atoms with van der Waals surface area (Å²) in [6, 6.07) is 0. The predicted octanol–water partition coefficient (Wildman–Crippen LogP) is 0.313. The van der Waals surface area contributed by atoms with E-state index in [9.17, 15) is 14.4 Å². The molecule has 0 unspecified atom stereocenters. The van der Waals surface area contributed by atoms with E-state index in [2.05, 4.69) is 0 Å². The molecule has 6 nitrogen and oxygen atoms in total. The monoisotopic (exact) mass is 270 g/mol. The molecule has 0 aliphatic heterocycles. The van der Waals surface area contributed by atoms with Gasteiger partial charge < -0.3 is 15.7 Å². The second-order valence-electron chi connectivity index (χ2n) is 6.19. The molecule has 2 amide bonds. The molecule has 0 saturated heterocycles. The van der Waals surface area contributed by atoms with Crippen molar-refractivity contribution in [2.75, 3.05) is 13.1 Å². The molecule has 1 rings (SSSR count). The first-order valence-corrected chi connectivity index (χ1v) is 6.39. The minimum absolute atomic E-state index is 0.157. The molecule has 108 valence electrons. The number of carboxylic acid groups (broad SMARTS) is 1. The van der Waals surface area contributed by atoms with E-state index in [1.165, 1.54) is 4.90 Å². The summed E-state index contributed by atoms with van der Waals surface area (Å²) in [6.45, 7) is 7.61. The fourth-order valence-corrected chi connectivity index (χ4v) is 2.62. The second-order valence-corrected chi connectivity index (χ2v) is 6.19. The Morgan fingerprint density at radius 2 is 1.79 bits per heavy atom. The molecule has 0 aromatic heterocycles. The first-order chi connectivity index (χ1) is 8.59. The molecule has 19 heavy (non-hydrogen) atoms. The SMILES string of the molecule is CC(C)CN(CC(N)=O)C(=O)[C@H]1[C@@H](C(=O)O)C1(C)C. The van der Waals surface area contributed by atoms with Crippen LogP contribution in [0, 0.1) is 23.2 Å². The largest absolute Gasteiger partial charge is 0.481 e. The van der Waals surface area contributed by atoms with Crippen molar-refractivity contribution < 1.29 is 19.5 Å². The van der Waals surface area contributed by atoms with E-state index in [0.717, 1.165) is 0 Å². The van der Waals surface area contributed by atoms with Crippen LogP contribution < -0.4 is 5.73 Å². The zero-order chi connectivity index (χ0) is 15.0. The average Bonchev–Trinajstić information content (AvgIpc) is 2.78. The normalized spacial score (nSPS) is 24.1. The van der Waals surface area contributed by atoms with Crippen molar-refractivity contribution in [2.45, 2.75) is 27.7 Å². The third kappa shape index (κ3) is 3.24. The Bertz CT molecular complexity index is 403. The van der Waals surface area contributed by atoms with E-state index in [1.807, 2.05) is 13.8 Å². The van der Waals surface area contributed by atoms with Gasteiger partial charge in [0.25, 0.3) is 0 Å². The highest BCUT2D eigenvalue weighted by atomic mass is 16.4. The average molecular weight is 270 g/mol. The molecule has 1 aliphatic carbocycles. The lowest BCUT2D eigenvalue weighted by Crippen LogP contribution is -2.42. The van der Waals surface area contributed by atoms with E-state index < -0.39 is 29.1 Å². The van der Waals surface area contributed by atoms with Gasteiger partial charge in [-0.25, -0.2) is 0 Å². The molecule has 2 atom stereocenters.